The van der Waals surface area contributed by atoms with Crippen molar-refractivity contribution in [2.75, 3.05) is 19.6 Å². The molecule has 1 aromatic heterocycles. The van der Waals surface area contributed by atoms with Crippen LogP contribution in [0, 0.1) is 0 Å². The van der Waals surface area contributed by atoms with E-state index in [4.69, 9.17) is 0 Å². The normalized spacial score (nSPS) is 12.0. The van der Waals surface area contributed by atoms with E-state index >= 15 is 0 Å². The topological polar surface area (TPSA) is 67.2 Å². The van der Waals surface area contributed by atoms with Gasteiger partial charge in [-0.3, -0.25) is 4.68 Å². The zero-order valence-corrected chi connectivity index (χ0v) is 13.5. The zero-order valence-electron chi connectivity index (χ0n) is 12.7. The lowest BCUT2D eigenvalue weighted by Crippen LogP contribution is -2.31. The smallest absolute Gasteiger partial charge is 0.246 e. The van der Waals surface area contributed by atoms with E-state index < -0.39 is 10.0 Å². The van der Waals surface area contributed by atoms with Crippen molar-refractivity contribution in [1.82, 2.24) is 19.4 Å². The minimum atomic E-state index is -3.56. The zero-order chi connectivity index (χ0) is 15.9. The van der Waals surface area contributed by atoms with Crippen LogP contribution >= 0.6 is 0 Å². The second-order valence-corrected chi connectivity index (χ2v) is 6.89. The Hall–Kier alpha value is -1.44. The molecule has 21 heavy (non-hydrogen) atoms. The first kappa shape index (κ1) is 17.6. The standard InChI is InChI=1S/C14H24N4O2S/c1-5-8-18(9-6-2)21(19,20)14-11-16-17(12-14)10-7-15-13(3)4/h5-6,11-13,15H,1-2,7-10H2,3-4H3. The van der Waals surface area contributed by atoms with Gasteiger partial charge >= 0.3 is 0 Å². The van der Waals surface area contributed by atoms with Gasteiger partial charge in [0.15, 0.2) is 0 Å². The first-order chi connectivity index (χ1) is 9.91. The molecule has 1 aromatic rings. The van der Waals surface area contributed by atoms with Gasteiger partial charge in [0.2, 0.25) is 10.0 Å². The van der Waals surface area contributed by atoms with Crippen molar-refractivity contribution in [3.63, 3.8) is 0 Å². The first-order valence-corrected chi connectivity index (χ1v) is 8.33. The molecule has 7 heteroatoms. The second kappa shape index (κ2) is 8.11. The Kier molecular flexibility index (Phi) is 6.80. The van der Waals surface area contributed by atoms with Crippen molar-refractivity contribution in [1.29, 1.82) is 0 Å². The summed E-state index contributed by atoms with van der Waals surface area (Å²) in [4.78, 5) is 0.191. The quantitative estimate of drug-likeness (QED) is 0.660. The van der Waals surface area contributed by atoms with Crippen LogP contribution in [0.3, 0.4) is 0 Å². The number of nitrogens with zero attached hydrogens (tertiary/aromatic N) is 3. The average molecular weight is 312 g/mol. The molecule has 0 atom stereocenters. The fraction of sp³-hybridized carbons (Fsp3) is 0.500. The molecule has 0 spiro atoms. The Morgan fingerprint density at radius 3 is 2.52 bits per heavy atom. The van der Waals surface area contributed by atoms with E-state index in [1.165, 1.54) is 10.5 Å². The average Bonchev–Trinajstić information content (AvgIpc) is 2.87. The van der Waals surface area contributed by atoms with E-state index in [0.29, 0.717) is 12.6 Å². The summed E-state index contributed by atoms with van der Waals surface area (Å²) < 4.78 is 27.9. The number of nitrogens with one attached hydrogen (secondary N) is 1. The van der Waals surface area contributed by atoms with Crippen molar-refractivity contribution in [2.24, 2.45) is 0 Å². The highest BCUT2D eigenvalue weighted by Crippen LogP contribution is 2.14. The lowest BCUT2D eigenvalue weighted by Gasteiger charge is -2.17. The predicted molar refractivity (Wildman–Crippen MR) is 84.5 cm³/mol. The maximum Gasteiger partial charge on any atom is 0.246 e. The van der Waals surface area contributed by atoms with Gasteiger partial charge in [0.25, 0.3) is 0 Å². The third-order valence-corrected chi connectivity index (χ3v) is 4.59. The van der Waals surface area contributed by atoms with Crippen LogP contribution in [0.25, 0.3) is 0 Å². The van der Waals surface area contributed by atoms with Crippen molar-refractivity contribution in [2.45, 2.75) is 31.3 Å². The fourth-order valence-corrected chi connectivity index (χ4v) is 3.11. The molecule has 0 radical (unpaired) electrons. The van der Waals surface area contributed by atoms with E-state index in [1.807, 2.05) is 0 Å². The summed E-state index contributed by atoms with van der Waals surface area (Å²) in [5.74, 6) is 0. The van der Waals surface area contributed by atoms with Crippen molar-refractivity contribution in [3.05, 3.63) is 37.7 Å². The molecule has 0 amide bonds. The molecule has 0 aliphatic heterocycles. The second-order valence-electron chi connectivity index (χ2n) is 4.95. The van der Waals surface area contributed by atoms with Crippen LogP contribution in [0.1, 0.15) is 13.8 Å². The molecule has 0 unspecified atom stereocenters. The largest absolute Gasteiger partial charge is 0.313 e. The molecule has 0 saturated heterocycles. The maximum absolute atomic E-state index is 12.5. The van der Waals surface area contributed by atoms with Gasteiger partial charge in [-0.2, -0.15) is 9.40 Å². The molecule has 0 aromatic carbocycles. The molecular formula is C14H24N4O2S. The molecule has 118 valence electrons. The number of sulfonamides is 1. The molecule has 0 fully saturated rings. The molecule has 1 heterocycles. The molecule has 6 nitrogen and oxygen atoms in total. The lowest BCUT2D eigenvalue weighted by molar-refractivity contribution is 0.473. The van der Waals surface area contributed by atoms with Crippen LogP contribution in [-0.2, 0) is 16.6 Å². The van der Waals surface area contributed by atoms with E-state index in [0.717, 1.165) is 6.54 Å². The van der Waals surface area contributed by atoms with Crippen LogP contribution in [-0.4, -0.2) is 48.2 Å². The summed E-state index contributed by atoms with van der Waals surface area (Å²) in [6, 6.07) is 0.388. The van der Waals surface area contributed by atoms with Crippen molar-refractivity contribution >= 4 is 10.0 Å². The third kappa shape index (κ3) is 5.11. The summed E-state index contributed by atoms with van der Waals surface area (Å²) in [5.41, 5.74) is 0. The van der Waals surface area contributed by atoms with Gasteiger partial charge in [-0.1, -0.05) is 26.0 Å². The van der Waals surface area contributed by atoms with E-state index in [-0.39, 0.29) is 18.0 Å². The summed E-state index contributed by atoms with van der Waals surface area (Å²) in [7, 11) is -3.56. The SMILES string of the molecule is C=CCN(CC=C)S(=O)(=O)c1cnn(CCNC(C)C)c1. The van der Waals surface area contributed by atoms with Crippen LogP contribution in [0.5, 0.6) is 0 Å². The summed E-state index contributed by atoms with van der Waals surface area (Å²) in [6.07, 6.45) is 6.04. The van der Waals surface area contributed by atoms with E-state index in [2.05, 4.69) is 37.4 Å². The Balaban J connectivity index is 2.81. The minimum Gasteiger partial charge on any atom is -0.313 e. The van der Waals surface area contributed by atoms with Gasteiger partial charge in [-0.15, -0.1) is 13.2 Å². The monoisotopic (exact) mass is 312 g/mol. The number of aromatic nitrogens is 2. The highest BCUT2D eigenvalue weighted by molar-refractivity contribution is 7.89. The predicted octanol–water partition coefficient (Wildman–Crippen LogP) is 1.24. The van der Waals surface area contributed by atoms with Gasteiger partial charge in [0, 0.05) is 31.9 Å². The number of rotatable bonds is 10. The van der Waals surface area contributed by atoms with Gasteiger partial charge in [0.05, 0.1) is 12.7 Å². The summed E-state index contributed by atoms with van der Waals surface area (Å²) in [6.45, 7) is 13.1. The van der Waals surface area contributed by atoms with Crippen LogP contribution in [0.4, 0.5) is 0 Å². The molecule has 0 saturated carbocycles. The van der Waals surface area contributed by atoms with E-state index in [9.17, 15) is 8.42 Å². The van der Waals surface area contributed by atoms with Crippen molar-refractivity contribution < 1.29 is 8.42 Å². The van der Waals surface area contributed by atoms with Crippen LogP contribution in [0.15, 0.2) is 42.6 Å². The molecule has 1 rings (SSSR count). The van der Waals surface area contributed by atoms with Gasteiger partial charge < -0.3 is 5.32 Å². The molecule has 0 bridgehead atoms. The van der Waals surface area contributed by atoms with Crippen molar-refractivity contribution in [3.8, 4) is 0 Å². The van der Waals surface area contributed by atoms with Gasteiger partial charge in [-0.25, -0.2) is 8.42 Å². The van der Waals surface area contributed by atoms with Gasteiger partial charge in [-0.05, 0) is 0 Å². The first-order valence-electron chi connectivity index (χ1n) is 6.89. The van der Waals surface area contributed by atoms with Gasteiger partial charge in [0.1, 0.15) is 4.90 Å². The molecule has 1 N–H and O–H groups in total. The Labute approximate surface area is 127 Å². The number of hydrogen-bond donors (Lipinski definition) is 1. The number of hydrogen-bond acceptors (Lipinski definition) is 4. The minimum absolute atomic E-state index is 0.191. The fourth-order valence-electron chi connectivity index (χ4n) is 1.78. The molecule has 0 aliphatic rings. The van der Waals surface area contributed by atoms with Crippen LogP contribution in [0.2, 0.25) is 0 Å². The summed E-state index contributed by atoms with van der Waals surface area (Å²) in [5, 5.41) is 7.36. The highest BCUT2D eigenvalue weighted by atomic mass is 32.2. The van der Waals surface area contributed by atoms with Crippen LogP contribution < -0.4 is 5.32 Å². The Morgan fingerprint density at radius 2 is 2.00 bits per heavy atom. The molecule has 0 aliphatic carbocycles. The molecular weight excluding hydrogens is 288 g/mol. The van der Waals surface area contributed by atoms with E-state index in [1.54, 1.807) is 23.0 Å². The summed E-state index contributed by atoms with van der Waals surface area (Å²) >= 11 is 0. The highest BCUT2D eigenvalue weighted by Gasteiger charge is 2.23. The Bertz CT molecular complexity index is 553. The lowest BCUT2D eigenvalue weighted by atomic mass is 10.4. The maximum atomic E-state index is 12.5. The third-order valence-electron chi connectivity index (χ3n) is 2.81. The Morgan fingerprint density at radius 1 is 1.38 bits per heavy atom.